The first-order valence-electron chi connectivity index (χ1n) is 5.93. The maximum absolute atomic E-state index is 12.3. The van der Waals surface area contributed by atoms with Crippen molar-refractivity contribution in [3.05, 3.63) is 51.4 Å². The van der Waals surface area contributed by atoms with Crippen LogP contribution < -0.4 is 10.3 Å². The van der Waals surface area contributed by atoms with Gasteiger partial charge in [-0.05, 0) is 12.1 Å². The number of hydrogen-bond donors (Lipinski definition) is 1. The van der Waals surface area contributed by atoms with E-state index in [4.69, 9.17) is 21.6 Å². The average Bonchev–Trinajstić information content (AvgIpc) is 2.44. The van der Waals surface area contributed by atoms with Crippen molar-refractivity contribution in [3.8, 4) is 22.9 Å². The largest absolute Gasteiger partial charge is 0.482 e. The number of nitriles is 1. The number of aromatic nitrogens is 1. The SMILES string of the molecule is N#Cc1cccc(Cl)c1-c1cc(=O)[nH]cc1OCC(F)(F)F. The molecule has 2 rings (SSSR count). The summed E-state index contributed by atoms with van der Waals surface area (Å²) in [5.74, 6) is -0.221. The molecule has 4 nitrogen and oxygen atoms in total. The van der Waals surface area contributed by atoms with Gasteiger partial charge in [-0.15, -0.1) is 0 Å². The maximum Gasteiger partial charge on any atom is 0.422 e. The Hall–Kier alpha value is -2.46. The first-order valence-corrected chi connectivity index (χ1v) is 6.31. The van der Waals surface area contributed by atoms with Gasteiger partial charge in [0.1, 0.15) is 5.75 Å². The molecule has 0 unspecified atom stereocenters. The van der Waals surface area contributed by atoms with Gasteiger partial charge in [0.05, 0.1) is 11.6 Å². The van der Waals surface area contributed by atoms with Crippen LogP contribution in [0.4, 0.5) is 13.2 Å². The van der Waals surface area contributed by atoms with E-state index in [0.29, 0.717) is 0 Å². The molecule has 2 aromatic rings. The number of benzene rings is 1. The fourth-order valence-corrected chi connectivity index (χ4v) is 2.10. The van der Waals surface area contributed by atoms with Crippen molar-refractivity contribution in [1.29, 1.82) is 5.26 Å². The van der Waals surface area contributed by atoms with Crippen molar-refractivity contribution in [2.24, 2.45) is 0 Å². The maximum atomic E-state index is 12.3. The topological polar surface area (TPSA) is 65.9 Å². The molecule has 0 aliphatic rings. The lowest BCUT2D eigenvalue weighted by Gasteiger charge is -2.14. The number of aromatic amines is 1. The highest BCUT2D eigenvalue weighted by atomic mass is 35.5. The van der Waals surface area contributed by atoms with Crippen molar-refractivity contribution in [2.75, 3.05) is 6.61 Å². The molecule has 8 heteroatoms. The number of rotatable bonds is 3. The quantitative estimate of drug-likeness (QED) is 0.937. The molecule has 22 heavy (non-hydrogen) atoms. The van der Waals surface area contributed by atoms with E-state index in [-0.39, 0.29) is 27.5 Å². The number of hydrogen-bond acceptors (Lipinski definition) is 3. The zero-order valence-electron chi connectivity index (χ0n) is 10.9. The first-order chi connectivity index (χ1) is 10.3. The smallest absolute Gasteiger partial charge is 0.422 e. The third-order valence-electron chi connectivity index (χ3n) is 2.68. The van der Waals surface area contributed by atoms with Crippen LogP contribution in [0.3, 0.4) is 0 Å². The minimum absolute atomic E-state index is 0.0233. The van der Waals surface area contributed by atoms with Crippen LogP contribution in [-0.4, -0.2) is 17.8 Å². The summed E-state index contributed by atoms with van der Waals surface area (Å²) in [7, 11) is 0. The van der Waals surface area contributed by atoms with Gasteiger partial charge < -0.3 is 9.72 Å². The van der Waals surface area contributed by atoms with E-state index in [2.05, 4.69) is 4.98 Å². The molecule has 0 radical (unpaired) electrons. The molecule has 0 saturated carbocycles. The predicted molar refractivity (Wildman–Crippen MR) is 73.8 cm³/mol. The zero-order chi connectivity index (χ0) is 16.3. The van der Waals surface area contributed by atoms with Crippen molar-refractivity contribution < 1.29 is 17.9 Å². The molecular weight excluding hydrogens is 321 g/mol. The fraction of sp³-hybridized carbons (Fsp3) is 0.143. The first kappa shape index (κ1) is 15.9. The van der Waals surface area contributed by atoms with Crippen molar-refractivity contribution in [3.63, 3.8) is 0 Å². The summed E-state index contributed by atoms with van der Waals surface area (Å²) in [5.41, 5.74) is -0.266. The second kappa shape index (κ2) is 6.12. The van der Waals surface area contributed by atoms with Crippen LogP contribution in [0.1, 0.15) is 5.56 Å². The van der Waals surface area contributed by atoms with Crippen LogP contribution >= 0.6 is 11.6 Å². The zero-order valence-corrected chi connectivity index (χ0v) is 11.6. The minimum atomic E-state index is -4.54. The summed E-state index contributed by atoms with van der Waals surface area (Å²) < 4.78 is 41.6. The van der Waals surface area contributed by atoms with Crippen molar-refractivity contribution in [2.45, 2.75) is 6.18 Å². The third kappa shape index (κ3) is 3.59. The average molecular weight is 329 g/mol. The highest BCUT2D eigenvalue weighted by Crippen LogP contribution is 2.36. The van der Waals surface area contributed by atoms with Crippen LogP contribution in [0.25, 0.3) is 11.1 Å². The summed E-state index contributed by atoms with van der Waals surface area (Å²) in [4.78, 5) is 13.7. The Bertz CT molecular complexity index is 794. The van der Waals surface area contributed by atoms with E-state index in [9.17, 15) is 18.0 Å². The highest BCUT2D eigenvalue weighted by molar-refractivity contribution is 6.33. The van der Waals surface area contributed by atoms with E-state index in [1.807, 2.05) is 6.07 Å². The Morgan fingerprint density at radius 3 is 2.73 bits per heavy atom. The number of H-pyrrole nitrogens is 1. The molecule has 1 heterocycles. The van der Waals surface area contributed by atoms with E-state index < -0.39 is 18.3 Å². The molecular formula is C14H8ClF3N2O2. The van der Waals surface area contributed by atoms with E-state index in [0.717, 1.165) is 12.3 Å². The molecule has 0 amide bonds. The third-order valence-corrected chi connectivity index (χ3v) is 3.00. The normalized spacial score (nSPS) is 11.0. The highest BCUT2D eigenvalue weighted by Gasteiger charge is 2.29. The number of ether oxygens (including phenoxy) is 1. The summed E-state index contributed by atoms with van der Waals surface area (Å²) in [6.07, 6.45) is -3.53. The number of alkyl halides is 3. The Balaban J connectivity index is 2.58. The number of nitrogens with zero attached hydrogens (tertiary/aromatic N) is 1. The van der Waals surface area contributed by atoms with Gasteiger partial charge in [-0.2, -0.15) is 18.4 Å². The Labute approximate surface area is 127 Å². The van der Waals surface area contributed by atoms with E-state index in [1.54, 1.807) is 0 Å². The monoisotopic (exact) mass is 328 g/mol. The van der Waals surface area contributed by atoms with E-state index in [1.165, 1.54) is 18.2 Å². The predicted octanol–water partition coefficient (Wildman–Crippen LogP) is 3.51. The molecule has 114 valence electrons. The molecule has 0 fully saturated rings. The number of nitrogens with one attached hydrogen (secondary N) is 1. The molecule has 0 aliphatic carbocycles. The van der Waals surface area contributed by atoms with Gasteiger partial charge in [0, 0.05) is 28.4 Å². The van der Waals surface area contributed by atoms with Crippen LogP contribution in [0.15, 0.2) is 35.3 Å². The lowest BCUT2D eigenvalue weighted by Crippen LogP contribution is -2.20. The lowest BCUT2D eigenvalue weighted by atomic mass is 10.0. The Morgan fingerprint density at radius 2 is 2.09 bits per heavy atom. The summed E-state index contributed by atoms with van der Waals surface area (Å²) in [6, 6.07) is 7.34. The van der Waals surface area contributed by atoms with Crippen LogP contribution in [0.2, 0.25) is 5.02 Å². The van der Waals surface area contributed by atoms with Gasteiger partial charge in [0.25, 0.3) is 0 Å². The van der Waals surface area contributed by atoms with Crippen molar-refractivity contribution in [1.82, 2.24) is 4.98 Å². The Morgan fingerprint density at radius 1 is 1.36 bits per heavy atom. The molecule has 1 aromatic carbocycles. The molecule has 0 spiro atoms. The van der Waals surface area contributed by atoms with Gasteiger partial charge in [-0.25, -0.2) is 0 Å². The molecule has 1 N–H and O–H groups in total. The molecule has 1 aromatic heterocycles. The van der Waals surface area contributed by atoms with Gasteiger partial charge in [-0.1, -0.05) is 17.7 Å². The van der Waals surface area contributed by atoms with E-state index >= 15 is 0 Å². The summed E-state index contributed by atoms with van der Waals surface area (Å²) >= 11 is 6.02. The molecule has 0 bridgehead atoms. The fourth-order valence-electron chi connectivity index (χ4n) is 1.82. The number of halogens is 4. The molecule has 0 atom stereocenters. The second-order valence-electron chi connectivity index (χ2n) is 4.25. The van der Waals surface area contributed by atoms with Gasteiger partial charge in [0.2, 0.25) is 5.56 Å². The van der Waals surface area contributed by atoms with Gasteiger partial charge in [-0.3, -0.25) is 4.79 Å². The lowest BCUT2D eigenvalue weighted by molar-refractivity contribution is -0.153. The Kier molecular flexibility index (Phi) is 4.43. The standard InChI is InChI=1S/C14H8ClF3N2O2/c15-10-3-1-2-8(5-19)13(10)9-4-12(21)20-6-11(9)22-7-14(16,17)18/h1-4,6H,7H2,(H,20,21). The van der Waals surface area contributed by atoms with Crippen molar-refractivity contribution >= 4 is 11.6 Å². The van der Waals surface area contributed by atoms with Gasteiger partial charge >= 0.3 is 6.18 Å². The molecule has 0 aliphatic heterocycles. The summed E-state index contributed by atoms with van der Waals surface area (Å²) in [5, 5.41) is 9.23. The summed E-state index contributed by atoms with van der Waals surface area (Å²) in [6.45, 7) is -1.53. The van der Waals surface area contributed by atoms with Gasteiger partial charge in [0.15, 0.2) is 6.61 Å². The number of pyridine rings is 1. The molecule has 0 saturated heterocycles. The second-order valence-corrected chi connectivity index (χ2v) is 4.66. The van der Waals surface area contributed by atoms with Crippen LogP contribution in [-0.2, 0) is 0 Å². The van der Waals surface area contributed by atoms with Crippen LogP contribution in [0.5, 0.6) is 5.75 Å². The van der Waals surface area contributed by atoms with Crippen LogP contribution in [0, 0.1) is 11.3 Å². The minimum Gasteiger partial charge on any atom is -0.482 e.